The molecule has 0 amide bonds. The zero-order chi connectivity index (χ0) is 15.5. The molecule has 2 atom stereocenters. The van der Waals surface area contributed by atoms with E-state index in [1.165, 1.54) is 0 Å². The van der Waals surface area contributed by atoms with Gasteiger partial charge >= 0.3 is 12.3 Å². The Hall–Kier alpha value is -1.26. The quantitative estimate of drug-likeness (QED) is 0.798. The van der Waals surface area contributed by atoms with E-state index in [0.29, 0.717) is 19.6 Å². The van der Waals surface area contributed by atoms with Crippen molar-refractivity contribution < 1.29 is 31.6 Å². The number of nitrogens with zero attached hydrogens (tertiary/aromatic N) is 2. The van der Waals surface area contributed by atoms with Crippen LogP contribution in [0, 0.1) is 0 Å². The van der Waals surface area contributed by atoms with Crippen LogP contribution in [0.1, 0.15) is 24.1 Å². The third-order valence-corrected chi connectivity index (χ3v) is 3.06. The van der Waals surface area contributed by atoms with Crippen molar-refractivity contribution in [1.82, 2.24) is 10.1 Å². The molecular formula is C11H15F4N3O3. The lowest BCUT2D eigenvalue weighted by molar-refractivity contribution is -0.168. The van der Waals surface area contributed by atoms with Gasteiger partial charge in [-0.05, 0) is 6.42 Å². The van der Waals surface area contributed by atoms with Gasteiger partial charge < -0.3 is 19.7 Å². The summed E-state index contributed by atoms with van der Waals surface area (Å²) < 4.78 is 63.8. The summed E-state index contributed by atoms with van der Waals surface area (Å²) in [5.41, 5.74) is 5.89. The van der Waals surface area contributed by atoms with Crippen LogP contribution >= 0.6 is 0 Å². The zero-order valence-electron chi connectivity index (χ0n) is 11.0. The molecule has 0 spiro atoms. The molecule has 2 heterocycles. The SMILES string of the molecule is NC1CCOCC1c1nc(COCC(F)(F)C(F)F)no1. The van der Waals surface area contributed by atoms with E-state index in [0.717, 1.165) is 0 Å². The molecule has 0 saturated carbocycles. The molecule has 21 heavy (non-hydrogen) atoms. The van der Waals surface area contributed by atoms with Gasteiger partial charge in [-0.25, -0.2) is 8.78 Å². The van der Waals surface area contributed by atoms with Gasteiger partial charge in [-0.15, -0.1) is 0 Å². The predicted octanol–water partition coefficient (Wildman–Crippen LogP) is 1.32. The molecule has 1 aliphatic heterocycles. The van der Waals surface area contributed by atoms with Crippen LogP contribution < -0.4 is 5.73 Å². The second kappa shape index (κ2) is 6.67. The van der Waals surface area contributed by atoms with E-state index in [2.05, 4.69) is 14.9 Å². The fraction of sp³-hybridized carbons (Fsp3) is 0.818. The minimum atomic E-state index is -4.20. The maximum Gasteiger partial charge on any atom is 0.330 e. The molecule has 1 aliphatic rings. The molecule has 10 heteroatoms. The summed E-state index contributed by atoms with van der Waals surface area (Å²) in [6.45, 7) is -0.993. The van der Waals surface area contributed by atoms with Crippen LogP contribution in [0.2, 0.25) is 0 Å². The van der Waals surface area contributed by atoms with Gasteiger partial charge in [-0.1, -0.05) is 5.16 Å². The molecule has 0 bridgehead atoms. The average molecular weight is 313 g/mol. The number of halogens is 4. The molecule has 2 rings (SSSR count). The highest BCUT2D eigenvalue weighted by Gasteiger charge is 2.41. The highest BCUT2D eigenvalue weighted by atomic mass is 19.3. The molecule has 6 nitrogen and oxygen atoms in total. The number of hydrogen-bond acceptors (Lipinski definition) is 6. The van der Waals surface area contributed by atoms with Crippen molar-refractivity contribution in [3.05, 3.63) is 11.7 Å². The van der Waals surface area contributed by atoms with Gasteiger partial charge in [-0.3, -0.25) is 0 Å². The Morgan fingerprint density at radius 2 is 2.19 bits per heavy atom. The molecule has 2 N–H and O–H groups in total. The second-order valence-electron chi connectivity index (χ2n) is 4.74. The first-order chi connectivity index (χ1) is 9.90. The predicted molar refractivity (Wildman–Crippen MR) is 61.1 cm³/mol. The Morgan fingerprint density at radius 3 is 2.86 bits per heavy atom. The molecule has 120 valence electrons. The van der Waals surface area contributed by atoms with Crippen molar-refractivity contribution in [2.24, 2.45) is 5.73 Å². The van der Waals surface area contributed by atoms with E-state index in [1.54, 1.807) is 0 Å². The van der Waals surface area contributed by atoms with Crippen LogP contribution in [-0.2, 0) is 16.1 Å². The second-order valence-corrected chi connectivity index (χ2v) is 4.74. The van der Waals surface area contributed by atoms with Crippen molar-refractivity contribution >= 4 is 0 Å². The van der Waals surface area contributed by atoms with Crippen LogP contribution in [-0.4, -0.2) is 48.4 Å². The maximum atomic E-state index is 12.6. The van der Waals surface area contributed by atoms with Gasteiger partial charge in [0.15, 0.2) is 5.82 Å². The van der Waals surface area contributed by atoms with E-state index < -0.39 is 25.6 Å². The number of alkyl halides is 4. The lowest BCUT2D eigenvalue weighted by Crippen LogP contribution is -2.37. The lowest BCUT2D eigenvalue weighted by Gasteiger charge is -2.25. The Morgan fingerprint density at radius 1 is 1.43 bits per heavy atom. The maximum absolute atomic E-state index is 12.6. The minimum Gasteiger partial charge on any atom is -0.381 e. The van der Waals surface area contributed by atoms with Crippen LogP contribution in [0.5, 0.6) is 0 Å². The van der Waals surface area contributed by atoms with Gasteiger partial charge in [0.1, 0.15) is 13.2 Å². The molecule has 1 aromatic heterocycles. The summed E-state index contributed by atoms with van der Waals surface area (Å²) in [4.78, 5) is 3.95. The molecule has 0 aromatic carbocycles. The monoisotopic (exact) mass is 313 g/mol. The molecule has 1 saturated heterocycles. The Kier molecular flexibility index (Phi) is 5.12. The Bertz CT molecular complexity index is 458. The number of rotatable bonds is 6. The largest absolute Gasteiger partial charge is 0.381 e. The molecule has 0 aliphatic carbocycles. The molecule has 1 aromatic rings. The normalized spacial score (nSPS) is 23.7. The van der Waals surface area contributed by atoms with Crippen molar-refractivity contribution in [2.45, 2.75) is 37.3 Å². The standard InChI is InChI=1S/C11H15F4N3O3/c12-10(13)11(14,15)5-20-4-8-17-9(21-18-8)6-3-19-2-1-7(6)16/h6-7,10H,1-5,16H2. The Labute approximate surface area is 117 Å². The first kappa shape index (κ1) is 16.1. The third kappa shape index (κ3) is 4.11. The van der Waals surface area contributed by atoms with Crippen molar-refractivity contribution in [2.75, 3.05) is 19.8 Å². The summed E-state index contributed by atoms with van der Waals surface area (Å²) in [5.74, 6) is -4.26. The van der Waals surface area contributed by atoms with Gasteiger partial charge in [0, 0.05) is 12.6 Å². The average Bonchev–Trinajstić information content (AvgIpc) is 2.87. The zero-order valence-corrected chi connectivity index (χ0v) is 11.0. The van der Waals surface area contributed by atoms with Gasteiger partial charge in [0.2, 0.25) is 5.89 Å². The van der Waals surface area contributed by atoms with Crippen LogP contribution in [0.4, 0.5) is 17.6 Å². The first-order valence-corrected chi connectivity index (χ1v) is 6.29. The molecule has 1 fully saturated rings. The van der Waals surface area contributed by atoms with Gasteiger partial charge in [-0.2, -0.15) is 13.8 Å². The summed E-state index contributed by atoms with van der Waals surface area (Å²) >= 11 is 0. The number of hydrogen-bond donors (Lipinski definition) is 1. The Balaban J connectivity index is 1.86. The van der Waals surface area contributed by atoms with Crippen LogP contribution in [0.25, 0.3) is 0 Å². The van der Waals surface area contributed by atoms with Gasteiger partial charge in [0.05, 0.1) is 12.5 Å². The van der Waals surface area contributed by atoms with Crippen molar-refractivity contribution in [1.29, 1.82) is 0 Å². The number of aromatic nitrogens is 2. The minimum absolute atomic E-state index is 0.00663. The molecule has 0 radical (unpaired) electrons. The van der Waals surface area contributed by atoms with Crippen LogP contribution in [0.15, 0.2) is 4.52 Å². The van der Waals surface area contributed by atoms with Crippen molar-refractivity contribution in [3.63, 3.8) is 0 Å². The number of ether oxygens (including phenoxy) is 2. The van der Waals surface area contributed by atoms with E-state index in [9.17, 15) is 17.6 Å². The van der Waals surface area contributed by atoms with E-state index in [4.69, 9.17) is 15.0 Å². The third-order valence-electron chi connectivity index (χ3n) is 3.06. The topological polar surface area (TPSA) is 83.4 Å². The fourth-order valence-corrected chi connectivity index (χ4v) is 1.83. The lowest BCUT2D eigenvalue weighted by atomic mass is 9.97. The van der Waals surface area contributed by atoms with E-state index in [1.807, 2.05) is 0 Å². The number of nitrogens with two attached hydrogens (primary N) is 1. The highest BCUT2D eigenvalue weighted by Crippen LogP contribution is 2.24. The van der Waals surface area contributed by atoms with E-state index >= 15 is 0 Å². The van der Waals surface area contributed by atoms with Gasteiger partial charge in [0.25, 0.3) is 0 Å². The molecule has 2 unspecified atom stereocenters. The highest BCUT2D eigenvalue weighted by molar-refractivity contribution is 5.00. The van der Waals surface area contributed by atoms with E-state index in [-0.39, 0.29) is 23.7 Å². The summed E-state index contributed by atoms with van der Waals surface area (Å²) in [6, 6.07) is -0.198. The smallest absolute Gasteiger partial charge is 0.330 e. The fourth-order valence-electron chi connectivity index (χ4n) is 1.83. The first-order valence-electron chi connectivity index (χ1n) is 6.29. The molecular weight excluding hydrogens is 298 g/mol. The summed E-state index contributed by atoms with van der Waals surface area (Å²) in [6.07, 6.45) is -3.14. The summed E-state index contributed by atoms with van der Waals surface area (Å²) in [7, 11) is 0. The van der Waals surface area contributed by atoms with Crippen molar-refractivity contribution in [3.8, 4) is 0 Å². The van der Waals surface area contributed by atoms with Crippen LogP contribution in [0.3, 0.4) is 0 Å². The summed E-state index contributed by atoms with van der Waals surface area (Å²) in [5, 5.41) is 3.54.